The summed E-state index contributed by atoms with van der Waals surface area (Å²) in [5.74, 6) is -0.479. The minimum Gasteiger partial charge on any atom is -0.337 e. The topological polar surface area (TPSA) is 58.4 Å². The zero-order valence-electron chi connectivity index (χ0n) is 15.8. The van der Waals surface area contributed by atoms with Crippen LogP contribution in [0.5, 0.6) is 0 Å². The van der Waals surface area contributed by atoms with Crippen molar-refractivity contribution >= 4 is 23.2 Å². The van der Waals surface area contributed by atoms with Crippen molar-refractivity contribution in [3.05, 3.63) is 75.8 Å². The van der Waals surface area contributed by atoms with Crippen LogP contribution >= 0.6 is 11.3 Å². The molecule has 2 amide bonds. The maximum atomic E-state index is 13.3. The smallest absolute Gasteiger partial charge is 0.273 e. The molecule has 0 spiro atoms. The van der Waals surface area contributed by atoms with E-state index in [4.69, 9.17) is 0 Å². The summed E-state index contributed by atoms with van der Waals surface area (Å²) < 4.78 is 15.3. The normalized spacial score (nSPS) is 20.7. The van der Waals surface area contributed by atoms with Gasteiger partial charge in [-0.1, -0.05) is 12.1 Å². The van der Waals surface area contributed by atoms with Gasteiger partial charge < -0.3 is 14.4 Å². The number of carbonyl (C=O) groups is 2. The van der Waals surface area contributed by atoms with Gasteiger partial charge >= 0.3 is 0 Å². The van der Waals surface area contributed by atoms with Gasteiger partial charge in [0, 0.05) is 31.2 Å². The Bertz CT molecular complexity index is 1090. The summed E-state index contributed by atoms with van der Waals surface area (Å²) in [7, 11) is 0. The van der Waals surface area contributed by atoms with Gasteiger partial charge in [0.25, 0.3) is 11.8 Å². The number of halogens is 1. The number of rotatable bonds is 3. The van der Waals surface area contributed by atoms with Crippen molar-refractivity contribution in [2.75, 3.05) is 13.1 Å². The quantitative estimate of drug-likeness (QED) is 0.667. The fraction of sp³-hybridized carbons (Fsp3) is 0.286. The van der Waals surface area contributed by atoms with E-state index in [9.17, 15) is 14.0 Å². The molecule has 2 atom stereocenters. The molecule has 0 unspecified atom stereocenters. The summed E-state index contributed by atoms with van der Waals surface area (Å²) in [4.78, 5) is 34.0. The Morgan fingerprint density at radius 3 is 2.69 bits per heavy atom. The molecule has 0 saturated carbocycles. The number of amides is 2. The Morgan fingerprint density at radius 2 is 1.97 bits per heavy atom. The average molecular weight is 410 g/mol. The van der Waals surface area contributed by atoms with Crippen LogP contribution in [0.25, 0.3) is 0 Å². The molecular weight excluding hydrogens is 391 g/mol. The fourth-order valence-electron chi connectivity index (χ4n) is 4.28. The van der Waals surface area contributed by atoms with Gasteiger partial charge in [-0.2, -0.15) is 0 Å². The Kier molecular flexibility index (Phi) is 4.24. The highest BCUT2D eigenvalue weighted by Crippen LogP contribution is 2.35. The first-order valence-electron chi connectivity index (χ1n) is 9.45. The molecule has 2 aromatic heterocycles. The molecule has 0 bridgehead atoms. The maximum absolute atomic E-state index is 13.3. The molecule has 2 aliphatic heterocycles. The predicted octanol–water partition coefficient (Wildman–Crippen LogP) is 3.11. The lowest BCUT2D eigenvalue weighted by atomic mass is 10.0. The minimum atomic E-state index is -0.304. The van der Waals surface area contributed by atoms with Crippen molar-refractivity contribution in [3.8, 4) is 0 Å². The summed E-state index contributed by atoms with van der Waals surface area (Å²) in [5, 5.41) is 2.63. The molecule has 5 rings (SSSR count). The highest BCUT2D eigenvalue weighted by Gasteiger charge is 2.46. The number of fused-ring (bicyclic) bond motifs is 3. The molecule has 1 fully saturated rings. The van der Waals surface area contributed by atoms with Gasteiger partial charge in [0.15, 0.2) is 0 Å². The summed E-state index contributed by atoms with van der Waals surface area (Å²) in [6, 6.07) is 9.71. The van der Waals surface area contributed by atoms with Crippen LogP contribution in [-0.2, 0) is 6.54 Å². The number of aryl methyl sites for hydroxylation is 1. The first-order chi connectivity index (χ1) is 14.0. The number of nitrogens with zero attached hydrogens (tertiary/aromatic N) is 4. The van der Waals surface area contributed by atoms with E-state index in [2.05, 4.69) is 4.98 Å². The Hall–Kier alpha value is -3.00. The molecule has 8 heteroatoms. The second-order valence-electron chi connectivity index (χ2n) is 7.46. The molecule has 29 heavy (non-hydrogen) atoms. The van der Waals surface area contributed by atoms with E-state index >= 15 is 0 Å². The molecule has 0 radical (unpaired) electrons. The zero-order chi connectivity index (χ0) is 20.1. The van der Waals surface area contributed by atoms with Crippen LogP contribution in [-0.4, -0.2) is 50.3 Å². The molecule has 4 heterocycles. The molecule has 3 aromatic rings. The molecule has 1 saturated heterocycles. The van der Waals surface area contributed by atoms with Crippen molar-refractivity contribution in [3.63, 3.8) is 0 Å². The van der Waals surface area contributed by atoms with E-state index in [1.807, 2.05) is 34.7 Å². The van der Waals surface area contributed by atoms with Crippen LogP contribution in [0, 0.1) is 12.7 Å². The predicted molar refractivity (Wildman–Crippen MR) is 106 cm³/mol. The van der Waals surface area contributed by atoms with Crippen LogP contribution in [0.3, 0.4) is 0 Å². The third kappa shape index (κ3) is 3.04. The number of hydrogen-bond acceptors (Lipinski definition) is 4. The molecular formula is C21H19FN4O2S. The summed E-state index contributed by atoms with van der Waals surface area (Å²) >= 11 is 1.45. The lowest BCUT2D eigenvalue weighted by Gasteiger charge is -2.38. The van der Waals surface area contributed by atoms with Gasteiger partial charge in [-0.15, -0.1) is 11.3 Å². The van der Waals surface area contributed by atoms with Gasteiger partial charge in [-0.3, -0.25) is 9.59 Å². The van der Waals surface area contributed by atoms with E-state index in [0.29, 0.717) is 31.0 Å². The second kappa shape index (κ2) is 6.81. The second-order valence-corrected chi connectivity index (χ2v) is 8.52. The van der Waals surface area contributed by atoms with Gasteiger partial charge in [-0.25, -0.2) is 9.37 Å². The Labute approximate surface area is 171 Å². The summed E-state index contributed by atoms with van der Waals surface area (Å²) in [5.41, 5.74) is 1.93. The van der Waals surface area contributed by atoms with Crippen molar-refractivity contribution in [2.45, 2.75) is 25.6 Å². The SMILES string of the molecule is Cc1nc(C(=O)N2C[C@@H]3[C@H](C2)n2cccc2C(=O)N3Cc2ccc(F)cc2)cs1. The van der Waals surface area contributed by atoms with Gasteiger partial charge in [0.2, 0.25) is 0 Å². The van der Waals surface area contributed by atoms with Crippen LogP contribution in [0.4, 0.5) is 4.39 Å². The molecule has 1 aromatic carbocycles. The van der Waals surface area contributed by atoms with E-state index in [-0.39, 0.29) is 29.7 Å². The molecule has 0 aliphatic carbocycles. The highest BCUT2D eigenvalue weighted by atomic mass is 32.1. The largest absolute Gasteiger partial charge is 0.337 e. The van der Waals surface area contributed by atoms with Crippen LogP contribution in [0.1, 0.15) is 37.6 Å². The third-order valence-electron chi connectivity index (χ3n) is 5.67. The molecule has 148 valence electrons. The monoisotopic (exact) mass is 410 g/mol. The Balaban J connectivity index is 1.46. The van der Waals surface area contributed by atoms with E-state index in [1.54, 1.807) is 22.4 Å². The van der Waals surface area contributed by atoms with Crippen molar-refractivity contribution in [1.82, 2.24) is 19.4 Å². The Morgan fingerprint density at radius 1 is 1.21 bits per heavy atom. The third-order valence-corrected chi connectivity index (χ3v) is 6.44. The standard InChI is InChI=1S/C21H19FN4O2S/c1-13-23-16(12-29-13)20(27)24-10-18-19(11-24)26(9-14-4-6-15(22)7-5-14)21(28)17-3-2-8-25(17)18/h2-8,12,18-19H,9-11H2,1H3/t18-,19+/m0/s1. The van der Waals surface area contributed by atoms with E-state index in [0.717, 1.165) is 10.6 Å². The van der Waals surface area contributed by atoms with Crippen LogP contribution < -0.4 is 0 Å². The lowest BCUT2D eigenvalue weighted by Crippen LogP contribution is -2.49. The van der Waals surface area contributed by atoms with Crippen LogP contribution in [0.15, 0.2) is 48.0 Å². The first kappa shape index (κ1) is 18.1. The van der Waals surface area contributed by atoms with Gasteiger partial charge in [-0.05, 0) is 36.8 Å². The van der Waals surface area contributed by atoms with Crippen molar-refractivity contribution < 1.29 is 14.0 Å². The van der Waals surface area contributed by atoms with Gasteiger partial charge in [0.1, 0.15) is 17.2 Å². The highest BCUT2D eigenvalue weighted by molar-refractivity contribution is 7.09. The molecule has 2 aliphatic rings. The molecule has 0 N–H and O–H groups in total. The number of aromatic nitrogens is 2. The number of thiazole rings is 1. The van der Waals surface area contributed by atoms with Crippen LogP contribution in [0.2, 0.25) is 0 Å². The zero-order valence-corrected chi connectivity index (χ0v) is 16.6. The number of benzene rings is 1. The maximum Gasteiger partial charge on any atom is 0.273 e. The fourth-order valence-corrected chi connectivity index (χ4v) is 4.86. The van der Waals surface area contributed by atoms with Crippen molar-refractivity contribution in [2.24, 2.45) is 0 Å². The first-order valence-corrected chi connectivity index (χ1v) is 10.3. The number of carbonyl (C=O) groups excluding carboxylic acids is 2. The summed E-state index contributed by atoms with van der Waals surface area (Å²) in [6.45, 7) is 3.23. The van der Waals surface area contributed by atoms with Crippen molar-refractivity contribution in [1.29, 1.82) is 0 Å². The molecule has 6 nitrogen and oxygen atoms in total. The number of likely N-dealkylation sites (tertiary alicyclic amines) is 1. The van der Waals surface area contributed by atoms with E-state index < -0.39 is 0 Å². The lowest BCUT2D eigenvalue weighted by molar-refractivity contribution is 0.0550. The number of hydrogen-bond donors (Lipinski definition) is 0. The van der Waals surface area contributed by atoms with Gasteiger partial charge in [0.05, 0.1) is 17.1 Å². The van der Waals surface area contributed by atoms with E-state index in [1.165, 1.54) is 23.5 Å². The summed E-state index contributed by atoms with van der Waals surface area (Å²) in [6.07, 6.45) is 1.90. The average Bonchev–Trinajstić information content (AvgIpc) is 3.44. The minimum absolute atomic E-state index is 0.0122.